The Morgan fingerprint density at radius 1 is 1.24 bits per heavy atom. The lowest BCUT2D eigenvalue weighted by Crippen LogP contribution is -2.20. The Hall–Kier alpha value is -1.36. The number of aromatic nitrogens is 2. The summed E-state index contributed by atoms with van der Waals surface area (Å²) in [6.07, 6.45) is 5.15. The highest BCUT2D eigenvalue weighted by Crippen LogP contribution is 2.34. The van der Waals surface area contributed by atoms with E-state index in [2.05, 4.69) is 34.4 Å². The predicted octanol–water partition coefficient (Wildman–Crippen LogP) is 3.44. The van der Waals surface area contributed by atoms with E-state index in [1.807, 2.05) is 13.0 Å². The fourth-order valence-corrected chi connectivity index (χ4v) is 2.39. The van der Waals surface area contributed by atoms with E-state index >= 15 is 0 Å². The van der Waals surface area contributed by atoms with Crippen LogP contribution >= 0.6 is 0 Å². The van der Waals surface area contributed by atoms with Gasteiger partial charge in [-0.15, -0.1) is 0 Å². The number of nitrogens with zero attached hydrogens (tertiary/aromatic N) is 2. The summed E-state index contributed by atoms with van der Waals surface area (Å²) in [6, 6.07) is 2.50. The highest BCUT2D eigenvalue weighted by atomic mass is 16.5. The third-order valence-corrected chi connectivity index (χ3v) is 3.73. The third kappa shape index (κ3) is 5.50. The fourth-order valence-electron chi connectivity index (χ4n) is 2.39. The predicted molar refractivity (Wildman–Crippen MR) is 86.6 cm³/mol. The Labute approximate surface area is 127 Å². The highest BCUT2D eigenvalue weighted by Gasteiger charge is 2.24. The first-order valence-corrected chi connectivity index (χ1v) is 8.21. The lowest BCUT2D eigenvalue weighted by atomic mass is 10.1. The van der Waals surface area contributed by atoms with Crippen molar-refractivity contribution >= 4 is 11.6 Å². The monoisotopic (exact) mass is 292 g/mol. The molecule has 1 fully saturated rings. The van der Waals surface area contributed by atoms with Gasteiger partial charge in [-0.3, -0.25) is 0 Å². The average Bonchev–Trinajstić information content (AvgIpc) is 3.28. The molecule has 21 heavy (non-hydrogen) atoms. The van der Waals surface area contributed by atoms with Crippen molar-refractivity contribution < 1.29 is 4.74 Å². The summed E-state index contributed by atoms with van der Waals surface area (Å²) in [6.45, 7) is 8.27. The minimum absolute atomic E-state index is 0.462. The maximum absolute atomic E-state index is 5.43. The molecule has 5 nitrogen and oxygen atoms in total. The second-order valence-corrected chi connectivity index (χ2v) is 5.65. The second kappa shape index (κ2) is 8.17. The number of anilines is 2. The molecule has 5 heteroatoms. The standard InChI is InChI=1S/C16H28N4O/c1-4-13(9-12-7-8-12)18-15-10-14(17-5-2)19-16(20-15)11-21-6-3/h10,12-13H,4-9,11H2,1-3H3,(H2,17,18,19,20). The summed E-state index contributed by atoms with van der Waals surface area (Å²) in [5, 5.41) is 6.83. The minimum atomic E-state index is 0.462. The van der Waals surface area contributed by atoms with Gasteiger partial charge < -0.3 is 15.4 Å². The van der Waals surface area contributed by atoms with Crippen LogP contribution in [0.3, 0.4) is 0 Å². The van der Waals surface area contributed by atoms with E-state index in [1.165, 1.54) is 19.3 Å². The lowest BCUT2D eigenvalue weighted by molar-refractivity contribution is 0.128. The molecule has 0 aromatic carbocycles. The van der Waals surface area contributed by atoms with Gasteiger partial charge in [-0.05, 0) is 32.6 Å². The van der Waals surface area contributed by atoms with Gasteiger partial charge in [-0.1, -0.05) is 19.8 Å². The van der Waals surface area contributed by atoms with E-state index in [0.717, 1.165) is 36.3 Å². The molecule has 2 N–H and O–H groups in total. The molecular weight excluding hydrogens is 264 g/mol. The van der Waals surface area contributed by atoms with Crippen LogP contribution in [0.15, 0.2) is 6.07 Å². The van der Waals surface area contributed by atoms with Crippen molar-refractivity contribution in [3.8, 4) is 0 Å². The molecule has 2 rings (SSSR count). The molecule has 0 spiro atoms. The zero-order valence-electron chi connectivity index (χ0n) is 13.5. The molecule has 0 amide bonds. The molecule has 1 saturated carbocycles. The molecule has 0 saturated heterocycles. The summed E-state index contributed by atoms with van der Waals surface area (Å²) in [4.78, 5) is 9.06. The Bertz CT molecular complexity index is 434. The third-order valence-electron chi connectivity index (χ3n) is 3.73. The zero-order chi connectivity index (χ0) is 15.1. The summed E-state index contributed by atoms with van der Waals surface area (Å²) >= 11 is 0. The van der Waals surface area contributed by atoms with Crippen LogP contribution in [0.2, 0.25) is 0 Å². The smallest absolute Gasteiger partial charge is 0.158 e. The Balaban J connectivity index is 2.05. The van der Waals surface area contributed by atoms with Crippen molar-refractivity contribution in [1.29, 1.82) is 0 Å². The van der Waals surface area contributed by atoms with Crippen LogP contribution in [0.25, 0.3) is 0 Å². The van der Waals surface area contributed by atoms with Gasteiger partial charge in [0.05, 0.1) is 0 Å². The van der Waals surface area contributed by atoms with Crippen molar-refractivity contribution in [3.63, 3.8) is 0 Å². The lowest BCUT2D eigenvalue weighted by Gasteiger charge is -2.18. The highest BCUT2D eigenvalue weighted by molar-refractivity contribution is 5.48. The van der Waals surface area contributed by atoms with Crippen molar-refractivity contribution in [2.24, 2.45) is 5.92 Å². The first-order valence-electron chi connectivity index (χ1n) is 8.21. The minimum Gasteiger partial charge on any atom is -0.374 e. The van der Waals surface area contributed by atoms with Crippen LogP contribution in [0.5, 0.6) is 0 Å². The number of ether oxygens (including phenoxy) is 1. The van der Waals surface area contributed by atoms with Gasteiger partial charge in [0, 0.05) is 25.3 Å². The topological polar surface area (TPSA) is 59.1 Å². The van der Waals surface area contributed by atoms with Gasteiger partial charge in [-0.25, -0.2) is 9.97 Å². The Morgan fingerprint density at radius 2 is 2.00 bits per heavy atom. The van der Waals surface area contributed by atoms with Crippen molar-refractivity contribution in [1.82, 2.24) is 9.97 Å². The molecule has 0 bridgehead atoms. The molecule has 1 atom stereocenters. The number of hydrogen-bond donors (Lipinski definition) is 2. The normalized spacial score (nSPS) is 15.8. The van der Waals surface area contributed by atoms with Crippen molar-refractivity contribution in [2.45, 2.75) is 59.1 Å². The van der Waals surface area contributed by atoms with Crippen LogP contribution in [-0.4, -0.2) is 29.2 Å². The molecule has 0 radical (unpaired) electrons. The first-order chi connectivity index (χ1) is 10.2. The van der Waals surface area contributed by atoms with Crippen LogP contribution in [0.4, 0.5) is 11.6 Å². The molecule has 1 aromatic heterocycles. The van der Waals surface area contributed by atoms with Crippen LogP contribution < -0.4 is 10.6 Å². The van der Waals surface area contributed by atoms with Crippen LogP contribution in [0, 0.1) is 5.92 Å². The molecule has 1 heterocycles. The van der Waals surface area contributed by atoms with Gasteiger partial charge in [0.25, 0.3) is 0 Å². The summed E-state index contributed by atoms with van der Waals surface area (Å²) in [5.41, 5.74) is 0. The maximum Gasteiger partial charge on any atom is 0.158 e. The molecule has 1 aromatic rings. The van der Waals surface area contributed by atoms with E-state index in [1.54, 1.807) is 0 Å². The average molecular weight is 292 g/mol. The number of rotatable bonds is 10. The van der Waals surface area contributed by atoms with E-state index in [9.17, 15) is 0 Å². The molecule has 1 aliphatic rings. The molecule has 1 unspecified atom stereocenters. The van der Waals surface area contributed by atoms with E-state index in [4.69, 9.17) is 4.74 Å². The quantitative estimate of drug-likeness (QED) is 0.692. The zero-order valence-corrected chi connectivity index (χ0v) is 13.5. The van der Waals surface area contributed by atoms with Crippen LogP contribution in [-0.2, 0) is 11.3 Å². The number of nitrogens with one attached hydrogen (secondary N) is 2. The van der Waals surface area contributed by atoms with Gasteiger partial charge in [0.15, 0.2) is 5.82 Å². The molecule has 0 aliphatic heterocycles. The maximum atomic E-state index is 5.43. The van der Waals surface area contributed by atoms with Gasteiger partial charge in [0.2, 0.25) is 0 Å². The van der Waals surface area contributed by atoms with E-state index < -0.39 is 0 Å². The largest absolute Gasteiger partial charge is 0.374 e. The first kappa shape index (κ1) is 16.0. The van der Waals surface area contributed by atoms with Gasteiger partial charge in [0.1, 0.15) is 18.2 Å². The molecule has 1 aliphatic carbocycles. The summed E-state index contributed by atoms with van der Waals surface area (Å²) in [5.74, 6) is 3.42. The molecular formula is C16H28N4O. The molecule has 118 valence electrons. The number of hydrogen-bond acceptors (Lipinski definition) is 5. The Kier molecular flexibility index (Phi) is 6.23. The van der Waals surface area contributed by atoms with Gasteiger partial charge in [-0.2, -0.15) is 0 Å². The second-order valence-electron chi connectivity index (χ2n) is 5.65. The van der Waals surface area contributed by atoms with Crippen LogP contribution in [0.1, 0.15) is 52.3 Å². The van der Waals surface area contributed by atoms with Crippen molar-refractivity contribution in [3.05, 3.63) is 11.9 Å². The van der Waals surface area contributed by atoms with Crippen molar-refractivity contribution in [2.75, 3.05) is 23.8 Å². The summed E-state index contributed by atoms with van der Waals surface area (Å²) < 4.78 is 5.43. The van der Waals surface area contributed by atoms with E-state index in [-0.39, 0.29) is 0 Å². The SMILES string of the molecule is CCNc1cc(NC(CC)CC2CC2)nc(COCC)n1. The van der Waals surface area contributed by atoms with E-state index in [0.29, 0.717) is 19.3 Å². The fraction of sp³-hybridized carbons (Fsp3) is 0.750. The van der Waals surface area contributed by atoms with Gasteiger partial charge >= 0.3 is 0 Å². The Morgan fingerprint density at radius 3 is 2.62 bits per heavy atom. The summed E-state index contributed by atoms with van der Waals surface area (Å²) in [7, 11) is 0.